The number of thiol groups is 1. The summed E-state index contributed by atoms with van der Waals surface area (Å²) in [5.41, 5.74) is 0.924. The molecule has 0 N–H and O–H groups in total. The van der Waals surface area contributed by atoms with Crippen molar-refractivity contribution in [2.24, 2.45) is 0 Å². The molecule has 0 amide bonds. The Morgan fingerprint density at radius 3 is 2.40 bits per heavy atom. The van der Waals surface area contributed by atoms with Crippen molar-refractivity contribution in [2.45, 2.75) is 0 Å². The van der Waals surface area contributed by atoms with Crippen molar-refractivity contribution in [1.29, 1.82) is 0 Å². The third-order valence-corrected chi connectivity index (χ3v) is 1.74. The summed E-state index contributed by atoms with van der Waals surface area (Å²) in [6, 6.07) is 7.57. The predicted molar refractivity (Wildman–Crippen MR) is 48.8 cm³/mol. The van der Waals surface area contributed by atoms with Gasteiger partial charge in [-0.05, 0) is 12.1 Å². The summed E-state index contributed by atoms with van der Waals surface area (Å²) < 4.78 is 1.68. The molecule has 0 bridgehead atoms. The van der Waals surface area contributed by atoms with Crippen molar-refractivity contribution in [3.05, 3.63) is 29.3 Å². The van der Waals surface area contributed by atoms with Gasteiger partial charge in [0.25, 0.3) is 0 Å². The lowest BCUT2D eigenvalue weighted by molar-refractivity contribution is 1.37. The van der Waals surface area contributed by atoms with Crippen LogP contribution in [0.1, 0.15) is 0 Å². The Hall–Kier alpha value is -0.340. The fraction of sp³-hybridized carbons (Fsp3) is 0.143. The van der Waals surface area contributed by atoms with Crippen LogP contribution in [0.3, 0.4) is 0 Å². The first kappa shape index (κ1) is 7.76. The van der Waals surface area contributed by atoms with Crippen molar-refractivity contribution < 1.29 is 0 Å². The smallest absolute Gasteiger partial charge is 0.0650 e. The van der Waals surface area contributed by atoms with Gasteiger partial charge in [0.05, 0.1) is 10.7 Å². The average Bonchev–Trinajstić information content (AvgIpc) is 1.88. The molecule has 3 heteroatoms. The topological polar surface area (TPSA) is 3.24 Å². The second kappa shape index (κ2) is 3.17. The van der Waals surface area contributed by atoms with E-state index in [-0.39, 0.29) is 0 Å². The summed E-state index contributed by atoms with van der Waals surface area (Å²) in [5, 5.41) is 0.722. The molecule has 54 valence electrons. The van der Waals surface area contributed by atoms with Crippen LogP contribution < -0.4 is 4.31 Å². The van der Waals surface area contributed by atoms with Crippen molar-refractivity contribution in [3.63, 3.8) is 0 Å². The fourth-order valence-electron chi connectivity index (χ4n) is 0.714. The lowest BCUT2D eigenvalue weighted by atomic mass is 10.3. The van der Waals surface area contributed by atoms with Crippen molar-refractivity contribution in [1.82, 2.24) is 0 Å². The maximum atomic E-state index is 5.83. The van der Waals surface area contributed by atoms with Crippen LogP contribution in [0.5, 0.6) is 0 Å². The average molecular weight is 174 g/mol. The summed E-state index contributed by atoms with van der Waals surface area (Å²) >= 11 is 9.93. The Labute approximate surface area is 71.1 Å². The predicted octanol–water partition coefficient (Wildman–Crippen LogP) is 2.62. The molecule has 1 rings (SSSR count). The first-order valence-corrected chi connectivity index (χ1v) is 3.67. The third-order valence-electron chi connectivity index (χ3n) is 1.20. The van der Waals surface area contributed by atoms with Gasteiger partial charge in [0.15, 0.2) is 0 Å². The van der Waals surface area contributed by atoms with Crippen LogP contribution >= 0.6 is 24.4 Å². The molecule has 0 aliphatic rings. The number of nitrogens with zero attached hydrogens (tertiary/aromatic N) is 1. The second-order valence-corrected chi connectivity index (χ2v) is 2.98. The molecule has 0 saturated heterocycles. The monoisotopic (exact) mass is 173 g/mol. The molecule has 0 fully saturated rings. The molecule has 0 heterocycles. The minimum atomic E-state index is 0.722. The maximum Gasteiger partial charge on any atom is 0.0650 e. The number of hydrogen-bond donors (Lipinski definition) is 1. The zero-order valence-electron chi connectivity index (χ0n) is 5.58. The zero-order chi connectivity index (χ0) is 7.56. The van der Waals surface area contributed by atoms with Crippen LogP contribution in [-0.2, 0) is 0 Å². The molecule has 1 aromatic carbocycles. The Bertz CT molecular complexity index is 225. The lowest BCUT2D eigenvalue weighted by Crippen LogP contribution is -2.00. The van der Waals surface area contributed by atoms with E-state index in [0.29, 0.717) is 0 Å². The van der Waals surface area contributed by atoms with Crippen molar-refractivity contribution in [3.8, 4) is 0 Å². The molecule has 0 aliphatic heterocycles. The van der Waals surface area contributed by atoms with E-state index in [1.165, 1.54) is 0 Å². The highest BCUT2D eigenvalue weighted by atomic mass is 35.5. The van der Waals surface area contributed by atoms with Crippen LogP contribution in [0.2, 0.25) is 5.02 Å². The summed E-state index contributed by atoms with van der Waals surface area (Å²) in [5.74, 6) is 0. The summed E-state index contributed by atoms with van der Waals surface area (Å²) in [6.07, 6.45) is 0. The molecule has 1 nitrogen and oxygen atoms in total. The van der Waals surface area contributed by atoms with Gasteiger partial charge in [0.1, 0.15) is 0 Å². The molecule has 10 heavy (non-hydrogen) atoms. The van der Waals surface area contributed by atoms with Gasteiger partial charge in [-0.25, -0.2) is 0 Å². The number of anilines is 1. The Morgan fingerprint density at radius 1 is 1.40 bits per heavy atom. The van der Waals surface area contributed by atoms with E-state index < -0.39 is 0 Å². The van der Waals surface area contributed by atoms with E-state index in [1.807, 2.05) is 31.3 Å². The molecular formula is C7H8ClNS. The number of hydrogen-bond acceptors (Lipinski definition) is 2. The van der Waals surface area contributed by atoms with Gasteiger partial charge >= 0.3 is 0 Å². The molecular weight excluding hydrogens is 166 g/mol. The van der Waals surface area contributed by atoms with Crippen molar-refractivity contribution in [2.75, 3.05) is 11.4 Å². The van der Waals surface area contributed by atoms with E-state index in [1.54, 1.807) is 4.31 Å². The largest absolute Gasteiger partial charge is 0.320 e. The molecule has 0 aliphatic carbocycles. The molecule has 0 spiro atoms. The quantitative estimate of drug-likeness (QED) is 0.639. The van der Waals surface area contributed by atoms with Gasteiger partial charge in [-0.3, -0.25) is 0 Å². The minimum Gasteiger partial charge on any atom is -0.320 e. The summed E-state index contributed by atoms with van der Waals surface area (Å²) in [7, 11) is 1.84. The standard InChI is InChI=1S/C7H8ClNS/c1-9(10)7-5-3-2-4-6(7)8/h2-5,10H,1H3. The van der Waals surface area contributed by atoms with Crippen LogP contribution in [0, 0.1) is 0 Å². The van der Waals surface area contributed by atoms with Gasteiger partial charge in [0.2, 0.25) is 0 Å². The Morgan fingerprint density at radius 2 is 2.00 bits per heavy atom. The van der Waals surface area contributed by atoms with Gasteiger partial charge in [-0.1, -0.05) is 36.5 Å². The van der Waals surface area contributed by atoms with Crippen LogP contribution in [0.15, 0.2) is 24.3 Å². The molecule has 0 radical (unpaired) electrons. The highest BCUT2D eigenvalue weighted by molar-refractivity contribution is 7.81. The van der Waals surface area contributed by atoms with Gasteiger partial charge in [-0.2, -0.15) is 0 Å². The van der Waals surface area contributed by atoms with E-state index in [2.05, 4.69) is 12.8 Å². The Balaban J connectivity index is 3.03. The zero-order valence-corrected chi connectivity index (χ0v) is 7.23. The summed E-state index contributed by atoms with van der Waals surface area (Å²) in [4.78, 5) is 0. The van der Waals surface area contributed by atoms with Crippen LogP contribution in [0.4, 0.5) is 5.69 Å². The minimum absolute atomic E-state index is 0.722. The molecule has 0 atom stereocenters. The number of benzene rings is 1. The molecule has 0 aromatic heterocycles. The van der Waals surface area contributed by atoms with Gasteiger partial charge in [-0.15, -0.1) is 0 Å². The van der Waals surface area contributed by atoms with Gasteiger partial charge in [0, 0.05) is 7.05 Å². The summed E-state index contributed by atoms with van der Waals surface area (Å²) in [6.45, 7) is 0. The molecule has 0 unspecified atom stereocenters. The van der Waals surface area contributed by atoms with Gasteiger partial charge < -0.3 is 4.31 Å². The molecule has 0 saturated carbocycles. The van der Waals surface area contributed by atoms with E-state index in [9.17, 15) is 0 Å². The van der Waals surface area contributed by atoms with Crippen LogP contribution in [-0.4, -0.2) is 7.05 Å². The second-order valence-electron chi connectivity index (χ2n) is 1.98. The number of rotatable bonds is 1. The van der Waals surface area contributed by atoms with E-state index in [4.69, 9.17) is 11.6 Å². The fourth-order valence-corrected chi connectivity index (χ4v) is 1.21. The van der Waals surface area contributed by atoms with E-state index in [0.717, 1.165) is 10.7 Å². The van der Waals surface area contributed by atoms with Crippen molar-refractivity contribution >= 4 is 30.1 Å². The van der Waals surface area contributed by atoms with Crippen LogP contribution in [0.25, 0.3) is 0 Å². The first-order chi connectivity index (χ1) is 4.72. The van der Waals surface area contributed by atoms with E-state index >= 15 is 0 Å². The highest BCUT2D eigenvalue weighted by Crippen LogP contribution is 2.24. The maximum absolute atomic E-state index is 5.83. The normalized spacial score (nSPS) is 9.50. The Kier molecular flexibility index (Phi) is 2.46. The molecule has 1 aromatic rings. The lowest BCUT2D eigenvalue weighted by Gasteiger charge is -2.11. The highest BCUT2D eigenvalue weighted by Gasteiger charge is 1.98. The first-order valence-electron chi connectivity index (χ1n) is 2.89. The number of halogens is 1. The SMILES string of the molecule is CN(S)c1ccccc1Cl. The third kappa shape index (κ3) is 1.58. The number of para-hydroxylation sites is 1.